The number of amidine groups is 1. The topological polar surface area (TPSA) is 15.6 Å². The smallest absolute Gasteiger partial charge is 0.174 e. The van der Waals surface area contributed by atoms with Crippen molar-refractivity contribution in [3.63, 3.8) is 0 Å². The van der Waals surface area contributed by atoms with Crippen molar-refractivity contribution < 1.29 is 0 Å². The van der Waals surface area contributed by atoms with Gasteiger partial charge < -0.3 is 4.90 Å². The van der Waals surface area contributed by atoms with E-state index in [4.69, 9.17) is 51.4 Å². The van der Waals surface area contributed by atoms with Crippen molar-refractivity contribution in [3.05, 3.63) is 124 Å². The van der Waals surface area contributed by atoms with Crippen LogP contribution >= 0.6 is 74.1 Å². The molecular formula is C29H19BrCl4N2S. The van der Waals surface area contributed by atoms with Crippen LogP contribution in [0.4, 0.5) is 0 Å². The molecule has 1 atom stereocenters. The van der Waals surface area contributed by atoms with Crippen molar-refractivity contribution in [2.24, 2.45) is 4.99 Å². The van der Waals surface area contributed by atoms with Crippen LogP contribution in [0.1, 0.15) is 42.0 Å². The van der Waals surface area contributed by atoms with Crippen LogP contribution in [-0.4, -0.2) is 10.1 Å². The average Bonchev–Trinajstić information content (AvgIpc) is 3.29. The van der Waals surface area contributed by atoms with E-state index in [-0.39, 0.29) is 6.04 Å². The van der Waals surface area contributed by atoms with Gasteiger partial charge in [0.15, 0.2) is 5.17 Å². The number of hydrogen-bond acceptors (Lipinski definition) is 3. The summed E-state index contributed by atoms with van der Waals surface area (Å²) in [4.78, 5) is 7.54. The van der Waals surface area contributed by atoms with E-state index in [1.165, 1.54) is 11.1 Å². The molecule has 6 rings (SSSR count). The number of rotatable bonds is 3. The zero-order valence-corrected chi connectivity index (χ0v) is 24.7. The van der Waals surface area contributed by atoms with Gasteiger partial charge in [0.25, 0.3) is 0 Å². The van der Waals surface area contributed by atoms with Crippen molar-refractivity contribution in [1.82, 2.24) is 4.90 Å². The molecule has 37 heavy (non-hydrogen) atoms. The van der Waals surface area contributed by atoms with E-state index in [0.29, 0.717) is 20.1 Å². The molecule has 0 amide bonds. The lowest BCUT2D eigenvalue weighted by atomic mass is 9.82. The van der Waals surface area contributed by atoms with Crippen LogP contribution in [0.3, 0.4) is 0 Å². The number of allylic oxidation sites excluding steroid dienone is 1. The van der Waals surface area contributed by atoms with Crippen molar-refractivity contribution in [2.75, 3.05) is 0 Å². The Balaban J connectivity index is 1.52. The second-order valence-corrected chi connectivity index (χ2v) is 12.5. The summed E-state index contributed by atoms with van der Waals surface area (Å²) in [6.07, 6.45) is 5.01. The van der Waals surface area contributed by atoms with E-state index < -0.39 is 0 Å². The zero-order chi connectivity index (χ0) is 25.7. The SMILES string of the molecule is Clc1ccc(/C=C2\CCCC3=C2N=C2SC=C(c4ccc(Br)cc4)N2[C@@H]3c2ccc(Cl)cc2Cl)c(Cl)c1. The van der Waals surface area contributed by atoms with Gasteiger partial charge in [0.2, 0.25) is 0 Å². The lowest BCUT2D eigenvalue weighted by Gasteiger charge is -2.40. The fourth-order valence-electron chi connectivity index (χ4n) is 5.05. The quantitative estimate of drug-likeness (QED) is 0.281. The molecule has 0 N–H and O–H groups in total. The Labute approximate surface area is 248 Å². The van der Waals surface area contributed by atoms with Gasteiger partial charge in [0.05, 0.1) is 17.4 Å². The minimum atomic E-state index is -0.0958. The van der Waals surface area contributed by atoms with Gasteiger partial charge in [-0.05, 0) is 89.6 Å². The number of hydrogen-bond donors (Lipinski definition) is 0. The maximum atomic E-state index is 6.85. The zero-order valence-electron chi connectivity index (χ0n) is 19.3. The summed E-state index contributed by atoms with van der Waals surface area (Å²) < 4.78 is 1.04. The van der Waals surface area contributed by atoms with E-state index in [1.54, 1.807) is 17.8 Å². The highest BCUT2D eigenvalue weighted by Crippen LogP contribution is 2.52. The molecule has 0 radical (unpaired) electrons. The maximum Gasteiger partial charge on any atom is 0.174 e. The minimum Gasteiger partial charge on any atom is -0.308 e. The summed E-state index contributed by atoms with van der Waals surface area (Å²) >= 11 is 31.0. The molecule has 0 saturated carbocycles. The number of aliphatic imine (C=N–C) groups is 1. The molecule has 2 nitrogen and oxygen atoms in total. The Morgan fingerprint density at radius 1 is 0.892 bits per heavy atom. The molecule has 8 heteroatoms. The van der Waals surface area contributed by atoms with Crippen molar-refractivity contribution in [3.8, 4) is 0 Å². The van der Waals surface area contributed by atoms with Gasteiger partial charge in [-0.25, -0.2) is 4.99 Å². The molecule has 1 aliphatic carbocycles. The Morgan fingerprint density at radius 3 is 2.35 bits per heavy atom. The fourth-order valence-corrected chi connectivity index (χ4v) is 7.22. The lowest BCUT2D eigenvalue weighted by Crippen LogP contribution is -2.35. The monoisotopic (exact) mass is 646 g/mol. The highest BCUT2D eigenvalue weighted by molar-refractivity contribution is 9.10. The second-order valence-electron chi connectivity index (χ2n) is 9.02. The van der Waals surface area contributed by atoms with Gasteiger partial charge in [-0.2, -0.15) is 0 Å². The predicted octanol–water partition coefficient (Wildman–Crippen LogP) is 11.0. The first-order valence-corrected chi connectivity index (χ1v) is 14.9. The second kappa shape index (κ2) is 10.5. The third-order valence-corrected chi connectivity index (χ3v) is 9.22. The number of fused-ring (bicyclic) bond motifs is 1. The van der Waals surface area contributed by atoms with Crippen LogP contribution < -0.4 is 0 Å². The lowest BCUT2D eigenvalue weighted by molar-refractivity contribution is 0.458. The average molecular weight is 649 g/mol. The molecule has 2 aliphatic heterocycles. The number of halogens is 5. The molecule has 3 aromatic carbocycles. The largest absolute Gasteiger partial charge is 0.308 e. The highest BCUT2D eigenvalue weighted by atomic mass is 79.9. The molecule has 186 valence electrons. The first-order chi connectivity index (χ1) is 17.9. The fraction of sp³-hybridized carbons (Fsp3) is 0.138. The molecule has 0 fully saturated rings. The van der Waals surface area contributed by atoms with Gasteiger partial charge in [-0.1, -0.05) is 98.4 Å². The van der Waals surface area contributed by atoms with Gasteiger partial charge >= 0.3 is 0 Å². The Kier molecular flexibility index (Phi) is 7.26. The molecule has 0 unspecified atom stereocenters. The van der Waals surface area contributed by atoms with E-state index >= 15 is 0 Å². The molecule has 3 aliphatic rings. The molecule has 2 heterocycles. The maximum absolute atomic E-state index is 6.85. The van der Waals surface area contributed by atoms with Crippen molar-refractivity contribution >= 4 is 91.0 Å². The Bertz CT molecular complexity index is 1540. The van der Waals surface area contributed by atoms with Crippen LogP contribution in [0.15, 0.2) is 92.4 Å². The third kappa shape index (κ3) is 4.93. The first-order valence-electron chi connectivity index (χ1n) is 11.7. The predicted molar refractivity (Wildman–Crippen MR) is 164 cm³/mol. The van der Waals surface area contributed by atoms with Crippen LogP contribution in [0, 0.1) is 0 Å². The van der Waals surface area contributed by atoms with Gasteiger partial charge in [-0.3, -0.25) is 0 Å². The van der Waals surface area contributed by atoms with Gasteiger partial charge in [-0.15, -0.1) is 0 Å². The summed E-state index contributed by atoms with van der Waals surface area (Å²) in [7, 11) is 0. The minimum absolute atomic E-state index is 0.0958. The third-order valence-electron chi connectivity index (χ3n) is 6.73. The Hall–Kier alpha value is -1.66. The van der Waals surface area contributed by atoms with Crippen LogP contribution in [-0.2, 0) is 0 Å². The molecule has 3 aromatic rings. The number of nitrogens with zero attached hydrogens (tertiary/aromatic N) is 2. The molecule has 0 bridgehead atoms. The van der Waals surface area contributed by atoms with Crippen LogP contribution in [0.25, 0.3) is 11.8 Å². The van der Waals surface area contributed by atoms with Gasteiger partial charge in [0, 0.05) is 30.0 Å². The number of thioether (sulfide) groups is 1. The van der Waals surface area contributed by atoms with Crippen LogP contribution in [0.2, 0.25) is 20.1 Å². The van der Waals surface area contributed by atoms with Crippen LogP contribution in [0.5, 0.6) is 0 Å². The van der Waals surface area contributed by atoms with Crippen molar-refractivity contribution in [1.29, 1.82) is 0 Å². The van der Waals surface area contributed by atoms with E-state index in [0.717, 1.165) is 57.0 Å². The summed E-state index contributed by atoms with van der Waals surface area (Å²) in [5, 5.41) is 5.63. The van der Waals surface area contributed by atoms with E-state index in [2.05, 4.69) is 56.6 Å². The Morgan fingerprint density at radius 2 is 1.62 bits per heavy atom. The highest BCUT2D eigenvalue weighted by Gasteiger charge is 2.41. The van der Waals surface area contributed by atoms with E-state index in [9.17, 15) is 0 Å². The normalized spacial score (nSPS) is 20.1. The van der Waals surface area contributed by atoms with Gasteiger partial charge in [0.1, 0.15) is 0 Å². The molecule has 0 saturated heterocycles. The molecule has 0 aromatic heterocycles. The van der Waals surface area contributed by atoms with Crippen molar-refractivity contribution in [2.45, 2.75) is 25.3 Å². The summed E-state index contributed by atoms with van der Waals surface area (Å²) in [6, 6.07) is 19.6. The van der Waals surface area contributed by atoms with E-state index in [1.807, 2.05) is 30.3 Å². The molecular weight excluding hydrogens is 630 g/mol. The summed E-state index contributed by atoms with van der Waals surface area (Å²) in [6.45, 7) is 0. The summed E-state index contributed by atoms with van der Waals surface area (Å²) in [5.74, 6) is 0. The number of benzene rings is 3. The molecule has 0 spiro atoms. The standard InChI is InChI=1S/C29H19BrCl4N2S/c30-19-7-4-16(5-8-19)26-15-37-29-35-27-18(12-17-6-9-20(31)13-24(17)33)2-1-3-23(27)28(36(26)29)22-11-10-21(32)14-25(22)34/h4-15,28H,1-3H2/b18-12+/t28-/m1/s1. The summed E-state index contributed by atoms with van der Waals surface area (Å²) in [5.41, 5.74) is 7.63. The first kappa shape index (κ1) is 25.6.